The molecule has 0 radical (unpaired) electrons. The Hall–Kier alpha value is 0.828. The predicted octanol–water partition coefficient (Wildman–Crippen LogP) is 3.30. The Morgan fingerprint density at radius 2 is 1.04 bits per heavy atom. The Bertz CT molecular complexity index is 245. The van der Waals surface area contributed by atoms with Crippen LogP contribution in [0.2, 0.25) is 0 Å². The minimum absolute atomic E-state index is 0. The zero-order valence-electron chi connectivity index (χ0n) is 13.7. The van der Waals surface area contributed by atoms with Gasteiger partial charge in [-0.3, -0.25) is 0 Å². The maximum absolute atomic E-state index is 5.19. The van der Waals surface area contributed by atoms with Crippen molar-refractivity contribution in [2.45, 2.75) is 39.5 Å². The summed E-state index contributed by atoms with van der Waals surface area (Å²) >= 11 is 18.1. The van der Waals surface area contributed by atoms with E-state index < -0.39 is 0 Å². The molecule has 0 aromatic carbocycles. The van der Waals surface area contributed by atoms with Gasteiger partial charge in [0.2, 0.25) is 0 Å². The van der Waals surface area contributed by atoms with Gasteiger partial charge < -0.3 is 68.6 Å². The molecule has 0 saturated carbocycles. The Balaban J connectivity index is -0.000000333. The summed E-state index contributed by atoms with van der Waals surface area (Å²) in [7, 11) is 0. The number of unbranched alkanes of at least 4 members (excludes halogenated alkanes) is 2. The molecule has 0 aliphatic carbocycles. The summed E-state index contributed by atoms with van der Waals surface area (Å²) < 4.78 is 20.4. The number of hydrogen-bond acceptors (Lipinski definition) is 8. The Labute approximate surface area is 176 Å². The summed E-state index contributed by atoms with van der Waals surface area (Å²) in [6.45, 7) is 7.95. The van der Waals surface area contributed by atoms with Gasteiger partial charge in [-0.2, -0.15) is 0 Å². The van der Waals surface area contributed by atoms with Crippen molar-refractivity contribution in [2.24, 2.45) is 0 Å². The first-order valence-corrected chi connectivity index (χ1v) is 9.00. The molecule has 0 spiro atoms. The van der Waals surface area contributed by atoms with Crippen LogP contribution >= 0.6 is 24.4 Å². The summed E-state index contributed by atoms with van der Waals surface area (Å²) in [4.78, 5) is 0. The second-order valence-corrected chi connectivity index (χ2v) is 6.13. The summed E-state index contributed by atoms with van der Waals surface area (Å²) in [5, 5.41) is 0. The molecule has 0 unspecified atom stereocenters. The fourth-order valence-electron chi connectivity index (χ4n) is 1.06. The predicted molar refractivity (Wildman–Crippen MR) is 103 cm³/mol. The molecule has 0 fully saturated rings. The third kappa shape index (κ3) is 35.0. The van der Waals surface area contributed by atoms with E-state index in [2.05, 4.69) is 63.5 Å². The zero-order valence-corrected chi connectivity index (χ0v) is 19.2. The van der Waals surface area contributed by atoms with Crippen molar-refractivity contribution in [1.82, 2.24) is 0 Å². The molecule has 0 aromatic heterocycles. The Morgan fingerprint density at radius 1 is 0.696 bits per heavy atom. The second-order valence-electron chi connectivity index (χ2n) is 4.13. The normalized spacial score (nSPS) is 9.13. The van der Waals surface area contributed by atoms with Gasteiger partial charge in [0.1, 0.15) is 13.2 Å². The largest absolute Gasteiger partial charge is 2.00 e. The molecule has 0 saturated heterocycles. The van der Waals surface area contributed by atoms with E-state index in [4.69, 9.17) is 18.9 Å². The Kier molecular flexibility index (Phi) is 31.2. The van der Waals surface area contributed by atoms with E-state index in [1.165, 1.54) is 0 Å². The minimum Gasteiger partial charge on any atom is -0.511 e. The minimum atomic E-state index is 0. The molecular weight excluding hydrogens is 555 g/mol. The van der Waals surface area contributed by atoms with Crippen molar-refractivity contribution >= 4 is 58.5 Å². The van der Waals surface area contributed by atoms with Crippen molar-refractivity contribution in [3.63, 3.8) is 0 Å². The van der Waals surface area contributed by atoms with E-state index in [1.807, 2.05) is 0 Å². The average Bonchev–Trinajstić information content (AvgIpc) is 2.46. The third-order valence-corrected chi connectivity index (χ3v) is 2.65. The molecule has 0 amide bonds. The fourth-order valence-corrected chi connectivity index (χ4v) is 1.40. The molecule has 0 rings (SSSR count). The Morgan fingerprint density at radius 3 is 1.30 bits per heavy atom. The van der Waals surface area contributed by atoms with E-state index in [0.29, 0.717) is 26.4 Å². The number of thiocarbonyl (C=S) groups is 2. The van der Waals surface area contributed by atoms with Crippen molar-refractivity contribution < 1.29 is 40.0 Å². The van der Waals surface area contributed by atoms with Crippen molar-refractivity contribution in [3.05, 3.63) is 0 Å². The molecule has 0 aromatic rings. The number of hydrogen-bond donors (Lipinski definition) is 0. The van der Waals surface area contributed by atoms with Gasteiger partial charge in [-0.1, -0.05) is 26.7 Å². The summed E-state index contributed by atoms with van der Waals surface area (Å²) in [6.07, 6.45) is 4.50. The van der Waals surface area contributed by atoms with Gasteiger partial charge in [-0.05, 0) is 12.8 Å². The molecule has 0 bridgehead atoms. The molecule has 9 heteroatoms. The van der Waals surface area contributed by atoms with Gasteiger partial charge in [0.15, 0.2) is 0 Å². The summed E-state index contributed by atoms with van der Waals surface area (Å²) in [6, 6.07) is 0. The average molecular weight is 582 g/mol. The summed E-state index contributed by atoms with van der Waals surface area (Å²) in [5.74, 6) is 0. The third-order valence-electron chi connectivity index (χ3n) is 2.18. The molecule has 23 heavy (non-hydrogen) atoms. The van der Waals surface area contributed by atoms with E-state index in [9.17, 15) is 0 Å². The number of ether oxygens (including phenoxy) is 4. The van der Waals surface area contributed by atoms with Gasteiger partial charge in [0, 0.05) is 22.0 Å². The number of rotatable bonds is 12. The maximum atomic E-state index is 5.19. The van der Waals surface area contributed by atoms with Crippen LogP contribution in [-0.2, 0) is 65.3 Å². The van der Waals surface area contributed by atoms with Crippen LogP contribution < -0.4 is 0 Å². The van der Waals surface area contributed by atoms with Gasteiger partial charge >= 0.3 is 21.1 Å². The van der Waals surface area contributed by atoms with Crippen LogP contribution in [0.3, 0.4) is 0 Å². The van der Waals surface area contributed by atoms with Crippen LogP contribution in [0, 0.1) is 0 Å². The van der Waals surface area contributed by atoms with Crippen LogP contribution in [0.15, 0.2) is 0 Å². The quantitative estimate of drug-likeness (QED) is 0.198. The van der Waals surface area contributed by atoms with Crippen molar-refractivity contribution in [3.8, 4) is 0 Å². The first-order valence-electron chi connectivity index (χ1n) is 7.37. The topological polar surface area (TPSA) is 36.9 Å². The van der Waals surface area contributed by atoms with Gasteiger partial charge in [-0.15, -0.1) is 0 Å². The van der Waals surface area contributed by atoms with E-state index >= 15 is 0 Å². The van der Waals surface area contributed by atoms with E-state index in [1.54, 1.807) is 0 Å². The van der Waals surface area contributed by atoms with Crippen LogP contribution in [0.4, 0.5) is 0 Å². The smallest absolute Gasteiger partial charge is 0.511 e. The standard InChI is InChI=1S/2C7H14O2S2.Pt/c2*1-2-3-4-8-5-6-9-7(10)11;/h2*2-6H2,1H3,(H,10,11);/q;;+2/p-2. The van der Waals surface area contributed by atoms with Gasteiger partial charge in [0.25, 0.3) is 0 Å². The maximum Gasteiger partial charge on any atom is 2.00 e. The molecule has 0 heterocycles. The second kappa shape index (κ2) is 25.1. The van der Waals surface area contributed by atoms with Gasteiger partial charge in [-0.25, -0.2) is 0 Å². The van der Waals surface area contributed by atoms with Crippen molar-refractivity contribution in [2.75, 3.05) is 39.6 Å². The molecule has 0 aliphatic heterocycles. The SMILES string of the molecule is CCCCOCCOC(=S)[S-].CCCCOCCOC(=S)[S-].[Pt+2]. The zero-order chi connectivity index (χ0) is 17.1. The molecule has 0 atom stereocenters. The molecule has 0 aliphatic rings. The van der Waals surface area contributed by atoms with E-state index in [-0.39, 0.29) is 29.8 Å². The van der Waals surface area contributed by atoms with Crippen LogP contribution in [0.1, 0.15) is 39.5 Å². The fraction of sp³-hybridized carbons (Fsp3) is 0.857. The van der Waals surface area contributed by atoms with Crippen molar-refractivity contribution in [1.29, 1.82) is 0 Å². The van der Waals surface area contributed by atoms with Crippen LogP contribution in [0.25, 0.3) is 0 Å². The van der Waals surface area contributed by atoms with Crippen LogP contribution in [-0.4, -0.2) is 48.4 Å². The van der Waals surface area contributed by atoms with Crippen LogP contribution in [0.5, 0.6) is 0 Å². The monoisotopic (exact) mass is 581 g/mol. The van der Waals surface area contributed by atoms with Gasteiger partial charge in [0.05, 0.1) is 13.2 Å². The molecule has 140 valence electrons. The molecule has 4 nitrogen and oxygen atoms in total. The van der Waals surface area contributed by atoms with E-state index in [0.717, 1.165) is 38.9 Å². The summed E-state index contributed by atoms with van der Waals surface area (Å²) in [5.41, 5.74) is 0. The molecular formula is C14H26O4PtS4. The first kappa shape index (κ1) is 28.6. The first-order chi connectivity index (χ1) is 10.5. The molecule has 0 N–H and O–H groups in total.